The maximum Gasteiger partial charge on any atom is 0.251 e. The molecule has 1 N–H and O–H groups in total. The number of carbonyl (C=O) groups excluding carboxylic acids is 1. The van der Waals surface area contributed by atoms with Crippen molar-refractivity contribution in [3.63, 3.8) is 0 Å². The predicted octanol–water partition coefficient (Wildman–Crippen LogP) is 6.54. The van der Waals surface area contributed by atoms with E-state index in [9.17, 15) is 4.79 Å². The van der Waals surface area contributed by atoms with Gasteiger partial charge in [-0.2, -0.15) is 0 Å². The van der Waals surface area contributed by atoms with E-state index >= 15 is 0 Å². The van der Waals surface area contributed by atoms with Crippen molar-refractivity contribution in [2.24, 2.45) is 0 Å². The third-order valence-electron chi connectivity index (χ3n) is 5.18. The number of methoxy groups -OCH3 is 1. The number of carbonyl (C=O) groups is 1. The summed E-state index contributed by atoms with van der Waals surface area (Å²) in [5.74, 6) is 1.72. The molecular weight excluding hydrogens is 410 g/mol. The molecule has 0 radical (unpaired) electrons. The van der Waals surface area contributed by atoms with Crippen LogP contribution in [-0.2, 0) is 6.61 Å². The van der Waals surface area contributed by atoms with Gasteiger partial charge < -0.3 is 14.8 Å². The Morgan fingerprint density at radius 3 is 2.35 bits per heavy atom. The first-order valence-corrected chi connectivity index (χ1v) is 10.7. The van der Waals surface area contributed by atoms with Gasteiger partial charge in [0, 0.05) is 16.1 Å². The highest BCUT2D eigenvalue weighted by molar-refractivity contribution is 6.30. The molecule has 5 heteroatoms. The zero-order chi connectivity index (χ0) is 22.4. The Labute approximate surface area is 189 Å². The highest BCUT2D eigenvalue weighted by atomic mass is 35.5. The summed E-state index contributed by atoms with van der Waals surface area (Å²) >= 11 is 5.95. The second-order valence-electron chi connectivity index (χ2n) is 7.75. The lowest BCUT2D eigenvalue weighted by Crippen LogP contribution is -2.26. The van der Waals surface area contributed by atoms with E-state index in [1.165, 1.54) is 0 Å². The maximum absolute atomic E-state index is 12.8. The van der Waals surface area contributed by atoms with Crippen LogP contribution in [0.15, 0.2) is 66.7 Å². The summed E-state index contributed by atoms with van der Waals surface area (Å²) in [6, 6.07) is 20.7. The first kappa shape index (κ1) is 22.7. The first-order valence-electron chi connectivity index (χ1n) is 10.3. The van der Waals surface area contributed by atoms with Gasteiger partial charge in [0.25, 0.3) is 5.91 Å². The molecule has 0 aromatic heterocycles. The van der Waals surface area contributed by atoms with Crippen molar-refractivity contribution in [1.82, 2.24) is 5.32 Å². The summed E-state index contributed by atoms with van der Waals surface area (Å²) in [5.41, 5.74) is 3.50. The van der Waals surface area contributed by atoms with E-state index in [1.807, 2.05) is 55.5 Å². The summed E-state index contributed by atoms with van der Waals surface area (Å²) in [6.07, 6.45) is 0. The van der Waals surface area contributed by atoms with Gasteiger partial charge >= 0.3 is 0 Å². The molecule has 0 fully saturated rings. The number of amides is 1. The van der Waals surface area contributed by atoms with E-state index in [1.54, 1.807) is 19.2 Å². The second kappa shape index (κ2) is 10.4. The fourth-order valence-electron chi connectivity index (χ4n) is 3.39. The fourth-order valence-corrected chi connectivity index (χ4v) is 3.52. The second-order valence-corrected chi connectivity index (χ2v) is 8.19. The molecule has 0 aliphatic carbocycles. The SMILES string of the molecule is COc1ccc(C(=O)NC(C)c2ccc(Cl)cc2)cc1COc1ccccc1C(C)C. The number of hydrogen-bond donors (Lipinski definition) is 1. The van der Waals surface area contributed by atoms with Crippen molar-refractivity contribution in [3.05, 3.63) is 94.0 Å². The van der Waals surface area contributed by atoms with Crippen LogP contribution in [0.2, 0.25) is 5.02 Å². The van der Waals surface area contributed by atoms with Crippen LogP contribution in [0.3, 0.4) is 0 Å². The van der Waals surface area contributed by atoms with Crippen molar-refractivity contribution < 1.29 is 14.3 Å². The fraction of sp³-hybridized carbons (Fsp3) is 0.269. The monoisotopic (exact) mass is 437 g/mol. The minimum Gasteiger partial charge on any atom is -0.496 e. The molecule has 0 spiro atoms. The smallest absolute Gasteiger partial charge is 0.251 e. The van der Waals surface area contributed by atoms with E-state index in [4.69, 9.17) is 21.1 Å². The van der Waals surface area contributed by atoms with Gasteiger partial charge in [0.05, 0.1) is 13.2 Å². The van der Waals surface area contributed by atoms with E-state index < -0.39 is 0 Å². The zero-order valence-electron chi connectivity index (χ0n) is 18.3. The van der Waals surface area contributed by atoms with Gasteiger partial charge in [-0.15, -0.1) is 0 Å². The number of ether oxygens (including phenoxy) is 2. The number of halogens is 1. The van der Waals surface area contributed by atoms with Gasteiger partial charge in [-0.3, -0.25) is 4.79 Å². The quantitative estimate of drug-likeness (QED) is 0.435. The van der Waals surface area contributed by atoms with Crippen molar-refractivity contribution >= 4 is 17.5 Å². The zero-order valence-corrected chi connectivity index (χ0v) is 19.1. The summed E-state index contributed by atoms with van der Waals surface area (Å²) in [6.45, 7) is 6.52. The van der Waals surface area contributed by atoms with Crippen LogP contribution in [0.5, 0.6) is 11.5 Å². The number of rotatable bonds is 8. The molecule has 3 aromatic carbocycles. The van der Waals surface area contributed by atoms with Gasteiger partial charge in [0.2, 0.25) is 0 Å². The highest BCUT2D eigenvalue weighted by Gasteiger charge is 2.15. The summed E-state index contributed by atoms with van der Waals surface area (Å²) in [5, 5.41) is 3.70. The Morgan fingerprint density at radius 2 is 1.68 bits per heavy atom. The first-order chi connectivity index (χ1) is 14.9. The molecule has 31 heavy (non-hydrogen) atoms. The average molecular weight is 438 g/mol. The Bertz CT molecular complexity index is 1030. The lowest BCUT2D eigenvalue weighted by Gasteiger charge is -2.17. The van der Waals surface area contributed by atoms with E-state index in [-0.39, 0.29) is 11.9 Å². The number of benzene rings is 3. The van der Waals surface area contributed by atoms with Crippen molar-refractivity contribution in [2.75, 3.05) is 7.11 Å². The van der Waals surface area contributed by atoms with Crippen LogP contribution in [0.4, 0.5) is 0 Å². The van der Waals surface area contributed by atoms with E-state index in [2.05, 4.69) is 25.2 Å². The Balaban J connectivity index is 1.75. The van der Waals surface area contributed by atoms with Crippen molar-refractivity contribution in [3.8, 4) is 11.5 Å². The van der Waals surface area contributed by atoms with Gasteiger partial charge in [0.15, 0.2) is 0 Å². The molecule has 4 nitrogen and oxygen atoms in total. The molecule has 0 aliphatic rings. The standard InChI is InChI=1S/C26H28ClNO3/c1-17(2)23-7-5-6-8-25(23)31-16-21-15-20(11-14-24(21)30-4)26(29)28-18(3)19-9-12-22(27)13-10-19/h5-15,17-18H,16H2,1-4H3,(H,28,29). The van der Waals surface area contributed by atoms with Crippen LogP contribution in [0.25, 0.3) is 0 Å². The Kier molecular flexibility index (Phi) is 7.59. The third-order valence-corrected chi connectivity index (χ3v) is 5.44. The Morgan fingerprint density at radius 1 is 0.968 bits per heavy atom. The molecule has 0 heterocycles. The lowest BCUT2D eigenvalue weighted by molar-refractivity contribution is 0.0939. The van der Waals surface area contributed by atoms with Crippen LogP contribution < -0.4 is 14.8 Å². The molecule has 3 rings (SSSR count). The molecule has 0 saturated heterocycles. The van der Waals surface area contributed by atoms with Crippen LogP contribution >= 0.6 is 11.6 Å². The van der Waals surface area contributed by atoms with Crippen molar-refractivity contribution in [2.45, 2.75) is 39.3 Å². The largest absolute Gasteiger partial charge is 0.496 e. The topological polar surface area (TPSA) is 47.6 Å². The molecule has 3 aromatic rings. The van der Waals surface area contributed by atoms with Gasteiger partial charge in [-0.1, -0.05) is 55.8 Å². The lowest BCUT2D eigenvalue weighted by atomic mass is 10.0. The summed E-state index contributed by atoms with van der Waals surface area (Å²) in [7, 11) is 1.61. The molecule has 1 amide bonds. The molecule has 162 valence electrons. The minimum absolute atomic E-state index is 0.149. The normalized spacial score (nSPS) is 11.8. The predicted molar refractivity (Wildman–Crippen MR) is 125 cm³/mol. The summed E-state index contributed by atoms with van der Waals surface area (Å²) < 4.78 is 11.6. The highest BCUT2D eigenvalue weighted by Crippen LogP contribution is 2.28. The molecule has 0 aliphatic heterocycles. The maximum atomic E-state index is 12.8. The van der Waals surface area contributed by atoms with Crippen LogP contribution in [0, 0.1) is 0 Å². The summed E-state index contributed by atoms with van der Waals surface area (Å²) in [4.78, 5) is 12.8. The van der Waals surface area contributed by atoms with Crippen molar-refractivity contribution in [1.29, 1.82) is 0 Å². The van der Waals surface area contributed by atoms with E-state index in [0.29, 0.717) is 28.9 Å². The number of para-hydroxylation sites is 1. The van der Waals surface area contributed by atoms with E-state index in [0.717, 1.165) is 22.4 Å². The van der Waals surface area contributed by atoms with Crippen LogP contribution in [-0.4, -0.2) is 13.0 Å². The number of nitrogens with one attached hydrogen (secondary N) is 1. The van der Waals surface area contributed by atoms with Gasteiger partial charge in [0.1, 0.15) is 18.1 Å². The van der Waals surface area contributed by atoms with Gasteiger partial charge in [-0.25, -0.2) is 0 Å². The average Bonchev–Trinajstić information content (AvgIpc) is 2.77. The number of hydrogen-bond acceptors (Lipinski definition) is 3. The molecular formula is C26H28ClNO3. The molecule has 0 saturated carbocycles. The minimum atomic E-state index is -0.158. The third kappa shape index (κ3) is 5.80. The Hall–Kier alpha value is -2.98. The molecule has 0 bridgehead atoms. The van der Waals surface area contributed by atoms with Crippen LogP contribution in [0.1, 0.15) is 59.8 Å². The molecule has 1 atom stereocenters. The molecule has 1 unspecified atom stereocenters. The van der Waals surface area contributed by atoms with Gasteiger partial charge in [-0.05, 0) is 60.4 Å².